The van der Waals surface area contributed by atoms with Crippen LogP contribution in [0.2, 0.25) is 0 Å². The number of nitrogens with one attached hydrogen (secondary N) is 1. The number of likely N-dealkylation sites (tertiary alicyclic amines) is 3. The van der Waals surface area contributed by atoms with Crippen LogP contribution in [0.5, 0.6) is 0 Å². The van der Waals surface area contributed by atoms with E-state index in [-0.39, 0.29) is 80.9 Å². The summed E-state index contributed by atoms with van der Waals surface area (Å²) in [5, 5.41) is 14.4. The Morgan fingerprint density at radius 3 is 1.32 bits per heavy atom. The molecule has 1 atom stereocenters. The quantitative estimate of drug-likeness (QED) is 0.156. The summed E-state index contributed by atoms with van der Waals surface area (Å²) >= 11 is 0. The van der Waals surface area contributed by atoms with E-state index in [0.29, 0.717) is 49.5 Å². The van der Waals surface area contributed by atoms with E-state index in [2.05, 4.69) is 176 Å². The molecule has 760 valence electrons. The van der Waals surface area contributed by atoms with Crippen molar-refractivity contribution in [1.82, 2.24) is 62.9 Å². The van der Waals surface area contributed by atoms with E-state index in [1.807, 2.05) is 231 Å². The second-order valence-corrected chi connectivity index (χ2v) is 48.0. The Morgan fingerprint density at radius 1 is 0.489 bits per heavy atom. The van der Waals surface area contributed by atoms with Crippen molar-refractivity contribution in [2.45, 2.75) is 397 Å². The molecule has 0 spiro atoms. The van der Waals surface area contributed by atoms with Gasteiger partial charge >= 0.3 is 0 Å². The molecule has 13 rings (SSSR count). The van der Waals surface area contributed by atoms with E-state index in [0.717, 1.165) is 101 Å². The number of Topliss-reactive ketones (excluding diaryl/α,β-unsaturated/α-hetero) is 1. The summed E-state index contributed by atoms with van der Waals surface area (Å²) in [6.07, 6.45) is 21.4. The lowest BCUT2D eigenvalue weighted by molar-refractivity contribution is -0.143. The number of piperazine rings is 1. The largest absolute Gasteiger partial charge is 0.386 e. The van der Waals surface area contributed by atoms with Crippen LogP contribution < -0.4 is 10.9 Å². The van der Waals surface area contributed by atoms with Gasteiger partial charge in [0.2, 0.25) is 27.7 Å². The zero-order valence-electron chi connectivity index (χ0n) is 90.5. The molecule has 7 aromatic rings. The first-order chi connectivity index (χ1) is 60.7. The Bertz CT molecular complexity index is 4500. The number of carbonyl (C=O) groups is 4. The molecule has 6 fully saturated rings. The summed E-state index contributed by atoms with van der Waals surface area (Å²) in [5.41, 5.74) is 5.21. The lowest BCUT2D eigenvalue weighted by atomic mass is 9.93. The van der Waals surface area contributed by atoms with Gasteiger partial charge in [-0.2, -0.15) is 10.2 Å². The number of carbonyl (C=O) groups excluding carboxylic acids is 4. The minimum absolute atomic E-state index is 0. The first kappa shape index (κ1) is 125. The Morgan fingerprint density at radius 2 is 0.940 bits per heavy atom. The number of ketones is 1. The molecule has 6 aliphatic heterocycles. The van der Waals surface area contributed by atoms with Crippen LogP contribution in [0.1, 0.15) is 348 Å². The molecule has 0 bridgehead atoms. The van der Waals surface area contributed by atoms with Crippen LogP contribution in [0.15, 0.2) is 133 Å². The van der Waals surface area contributed by atoms with E-state index in [9.17, 15) is 32.4 Å². The maximum Gasteiger partial charge on any atom is 0.250 e. The van der Waals surface area contributed by atoms with E-state index in [1.165, 1.54) is 73.4 Å². The number of imidazole rings is 1. The molecule has 0 aliphatic carbocycles. The first-order valence-electron chi connectivity index (χ1n) is 49.2. The summed E-state index contributed by atoms with van der Waals surface area (Å²) in [6, 6.07) is 29.9. The summed E-state index contributed by atoms with van der Waals surface area (Å²) in [7, 11) is -3.07. The molecule has 0 radical (unpaired) electrons. The van der Waals surface area contributed by atoms with E-state index in [1.54, 1.807) is 41.8 Å². The number of nitrogens with zero attached hydrogens (tertiary/aromatic N) is 12. The fourth-order valence-electron chi connectivity index (χ4n) is 13.5. The van der Waals surface area contributed by atoms with Gasteiger partial charge < -0.3 is 43.4 Å². The molecular weight excluding hydrogens is 1680 g/mol. The molecule has 3 amide bonds. The van der Waals surface area contributed by atoms with Crippen molar-refractivity contribution >= 4 is 66.4 Å². The zero-order chi connectivity index (χ0) is 101. The number of hydrogen-bond acceptors (Lipinski definition) is 15. The van der Waals surface area contributed by atoms with Gasteiger partial charge in [-0.1, -0.05) is 172 Å². The molecule has 10 heterocycles. The van der Waals surface area contributed by atoms with E-state index in [4.69, 9.17) is 14.2 Å². The smallest absolute Gasteiger partial charge is 0.250 e. The van der Waals surface area contributed by atoms with Gasteiger partial charge in [-0.3, -0.25) is 38.2 Å². The lowest BCUT2D eigenvalue weighted by Gasteiger charge is -2.42. The van der Waals surface area contributed by atoms with Gasteiger partial charge in [-0.25, -0.2) is 17.7 Å². The molecule has 6 saturated heterocycles. The minimum atomic E-state index is -3.07. The van der Waals surface area contributed by atoms with E-state index >= 15 is 0 Å². The molecule has 133 heavy (non-hydrogen) atoms. The monoisotopic (exact) mass is 1880 g/mol. The molecule has 0 saturated carbocycles. The minimum Gasteiger partial charge on any atom is -0.386 e. The van der Waals surface area contributed by atoms with Crippen molar-refractivity contribution < 1.29 is 41.8 Å². The maximum absolute atomic E-state index is 11.9. The van der Waals surface area contributed by atoms with Gasteiger partial charge in [0, 0.05) is 133 Å². The number of fused-ring (bicyclic) bond motifs is 3. The molecule has 6 aliphatic rings. The topological polar surface area (TPSA) is 234 Å². The van der Waals surface area contributed by atoms with Crippen LogP contribution in [0.25, 0.3) is 32.8 Å². The number of para-hydroxylation sites is 3. The number of ether oxygens (including phenoxy) is 3. The number of benzene rings is 3. The molecule has 1 N–H and O–H groups in total. The number of aromatic nitrogens is 7. The van der Waals surface area contributed by atoms with Crippen molar-refractivity contribution in [2.24, 2.45) is 16.2 Å². The fraction of sp³-hybridized carbons (Fsp3) is 0.706. The second-order valence-electron chi connectivity index (χ2n) is 45.3. The van der Waals surface area contributed by atoms with Gasteiger partial charge in [-0.05, 0) is 274 Å². The number of hydrogen-bond donors (Lipinski definition) is 1. The van der Waals surface area contributed by atoms with Crippen LogP contribution in [-0.2, 0) is 65.6 Å². The summed E-state index contributed by atoms with van der Waals surface area (Å²) in [5.74, 6) is 0.999. The highest BCUT2D eigenvalue weighted by Gasteiger charge is 2.37. The van der Waals surface area contributed by atoms with Crippen LogP contribution in [0, 0.1) is 16.2 Å². The normalized spacial score (nSPS) is 16.2. The highest BCUT2D eigenvalue weighted by atomic mass is 32.2. The van der Waals surface area contributed by atoms with Crippen molar-refractivity contribution in [3.63, 3.8) is 0 Å². The third kappa shape index (κ3) is 47.8. The summed E-state index contributed by atoms with van der Waals surface area (Å²) in [6.45, 7) is 93.3. The molecular formula is C109H193N13O10S. The van der Waals surface area contributed by atoms with Gasteiger partial charge in [0.15, 0.2) is 5.78 Å². The molecule has 1 unspecified atom stereocenters. The van der Waals surface area contributed by atoms with E-state index < -0.39 is 14.8 Å². The predicted octanol–water partition coefficient (Wildman–Crippen LogP) is 24.2. The summed E-state index contributed by atoms with van der Waals surface area (Å²) in [4.78, 5) is 69.8. The van der Waals surface area contributed by atoms with Crippen LogP contribution >= 0.6 is 0 Å². The predicted molar refractivity (Wildman–Crippen MR) is 563 cm³/mol. The van der Waals surface area contributed by atoms with Gasteiger partial charge in [0.1, 0.15) is 6.61 Å². The average Bonchev–Trinajstić information content (AvgIpc) is 1.70. The molecule has 23 nitrogen and oxygen atoms in total. The van der Waals surface area contributed by atoms with Crippen molar-refractivity contribution in [2.75, 3.05) is 91.8 Å². The van der Waals surface area contributed by atoms with Gasteiger partial charge in [0.25, 0.3) is 5.56 Å². The number of piperidine rings is 2. The van der Waals surface area contributed by atoms with Gasteiger partial charge in [0.05, 0.1) is 80.9 Å². The Balaban J connectivity index is 0.00000144. The SMILES string of the molecule is C.C=C1CN(C(=O)C(C)(C)C)CCN1.CC.CC.CC(C)(C)C(=O)N1CCC1.CC(C)(C)C(=O)N1CCCCC1.CC(C)(C)N1CCC1.CC(C)(C)OCC1CCCO1.CC(C)(C)S(=O)(=O)N1CCCCC1.CC(C)(C)n1cc2ccccc2n1.CC(C)(C)n1ccccc1=O.CC(C)(C)n1cnc2ccccc21.CC(C)(C)n1ncc2ccccc21.CCCC(=O)COC(C)(C)C. The third-order valence-electron chi connectivity index (χ3n) is 21.2. The standard InChI is InChI=1S/3C11H14N2.C10H18N2O.C10H19NO.C9H19NO2S.C9H13NO.2C9H18O2.C8H15NO.C7H15N.2C2H6.CH4/c1-11(2,3)13-8-12-9-6-4-5-7-10(9)13;1-11(2,3)13-8-9-6-4-5-7-10(9)12-13;1-11(2,3)13-10-7-5-4-6-9(10)8-12-13;1-8-7-12(6-5-11-8)9(13)10(2,3)4;1-10(2,3)9(12)11-7-5-4-6-8-11;1-9(2,3)13(11,12)10-7-5-4-6-8-10;1-9(2,3)10-7-5-4-6-8(10)11;1-9(2,3)11-7-8-5-4-6-10-8;1-5-6-8(10)7-11-9(2,3)4;1-8(2,3)7(10)9-5-4-6-9;1-7(2,3)8-5-4-6-8;2*1-2;/h3*4-8H,1-3H3;11H,1,5-7H2,2-4H3;4-8H2,1-3H3;4-8H2,1-3H3;4-7H,1-3H3;8H,4-7H2,1-3H3;5-7H2,1-4H3;4-6H2,1-3H3;4-6H2,1-3H3;2*1-2H3;1H4. The van der Waals surface area contributed by atoms with Crippen molar-refractivity contribution in [1.29, 1.82) is 0 Å². The highest BCUT2D eigenvalue weighted by Crippen LogP contribution is 2.29. The first-order valence-corrected chi connectivity index (χ1v) is 50.6. The maximum atomic E-state index is 11.9. The average molecular weight is 1880 g/mol. The highest BCUT2D eigenvalue weighted by molar-refractivity contribution is 7.90. The van der Waals surface area contributed by atoms with Crippen LogP contribution in [0.4, 0.5) is 0 Å². The van der Waals surface area contributed by atoms with Gasteiger partial charge in [-0.15, -0.1) is 0 Å². The van der Waals surface area contributed by atoms with Crippen LogP contribution in [0.3, 0.4) is 0 Å². The van der Waals surface area contributed by atoms with Crippen molar-refractivity contribution in [3.8, 4) is 0 Å². The zero-order valence-corrected chi connectivity index (χ0v) is 91.3. The van der Waals surface area contributed by atoms with Crippen LogP contribution in [-0.4, -0.2) is 209 Å². The Hall–Kier alpha value is -7.61. The Labute approximate surface area is 810 Å². The number of rotatable bonds is 7. The number of amides is 3. The third-order valence-corrected chi connectivity index (χ3v) is 23.8. The lowest BCUT2D eigenvalue weighted by Crippen LogP contribution is -2.49. The number of pyridine rings is 1. The Kier molecular flexibility index (Phi) is 53.7. The summed E-state index contributed by atoms with van der Waals surface area (Å²) < 4.78 is 49.1. The fourth-order valence-corrected chi connectivity index (χ4v) is 15.0. The second kappa shape index (κ2) is 56.9. The molecule has 24 heteroatoms. The molecule has 4 aromatic heterocycles. The number of sulfonamides is 1. The van der Waals surface area contributed by atoms with Crippen molar-refractivity contribution in [3.05, 3.63) is 139 Å². The molecule has 3 aromatic carbocycles.